The monoisotopic (exact) mass is 428 g/mol. The summed E-state index contributed by atoms with van der Waals surface area (Å²) in [4.78, 5) is 24.2. The maximum Gasteiger partial charge on any atom is 0.281 e. The summed E-state index contributed by atoms with van der Waals surface area (Å²) in [6.45, 7) is 7.00. The number of sulfonamides is 1. The molecule has 1 amide bonds. The first-order chi connectivity index (χ1) is 14.2. The van der Waals surface area contributed by atoms with Crippen molar-refractivity contribution in [3.8, 4) is 0 Å². The average molecular weight is 429 g/mol. The molecule has 7 nitrogen and oxygen atoms in total. The molecule has 4 rings (SSSR count). The minimum absolute atomic E-state index is 0.132. The lowest BCUT2D eigenvalue weighted by Crippen LogP contribution is -2.41. The van der Waals surface area contributed by atoms with Crippen LogP contribution in [-0.4, -0.2) is 36.4 Å². The molecule has 0 unspecified atom stereocenters. The summed E-state index contributed by atoms with van der Waals surface area (Å²) in [5.41, 5.74) is 1.62. The zero-order valence-electron chi connectivity index (χ0n) is 17.7. The number of rotatable bonds is 0. The topological polar surface area (TPSA) is 92.3 Å². The average Bonchev–Trinajstić information content (AvgIpc) is 2.98. The number of aryl methyl sites for hydroxylation is 2. The van der Waals surface area contributed by atoms with Crippen LogP contribution in [0, 0.1) is 12.8 Å². The fourth-order valence-corrected chi connectivity index (χ4v) is 5.55. The summed E-state index contributed by atoms with van der Waals surface area (Å²) >= 11 is 0. The van der Waals surface area contributed by atoms with Crippen LogP contribution in [0.25, 0.3) is 0 Å². The lowest BCUT2D eigenvalue weighted by molar-refractivity contribution is 0.0981. The van der Waals surface area contributed by atoms with Crippen molar-refractivity contribution < 1.29 is 13.2 Å². The molecule has 4 heterocycles. The summed E-state index contributed by atoms with van der Waals surface area (Å²) < 4.78 is 27.9. The van der Waals surface area contributed by atoms with Gasteiger partial charge < -0.3 is 4.90 Å². The number of carbonyl (C=O) groups is 1. The molecule has 1 N–H and O–H groups in total. The number of hydrogen-bond acceptors (Lipinski definition) is 6. The molecule has 2 aromatic heterocycles. The fourth-order valence-electron chi connectivity index (χ4n) is 4.59. The molecule has 0 aliphatic carbocycles. The van der Waals surface area contributed by atoms with Crippen molar-refractivity contribution in [3.05, 3.63) is 47.3 Å². The van der Waals surface area contributed by atoms with Gasteiger partial charge in [0.15, 0.2) is 5.03 Å². The van der Waals surface area contributed by atoms with Gasteiger partial charge in [-0.15, -0.1) is 0 Å². The highest BCUT2D eigenvalue weighted by Crippen LogP contribution is 2.39. The molecule has 1 fully saturated rings. The summed E-state index contributed by atoms with van der Waals surface area (Å²) in [5.74, 6) is 0.372. The maximum atomic E-state index is 13.1. The van der Waals surface area contributed by atoms with Crippen LogP contribution in [-0.2, 0) is 16.4 Å². The van der Waals surface area contributed by atoms with E-state index in [1.165, 1.54) is 6.07 Å². The van der Waals surface area contributed by atoms with Crippen LogP contribution in [0.2, 0.25) is 0 Å². The third-order valence-corrected chi connectivity index (χ3v) is 7.29. The third kappa shape index (κ3) is 4.05. The first-order valence-electron chi connectivity index (χ1n) is 10.4. The van der Waals surface area contributed by atoms with E-state index in [1.54, 1.807) is 18.2 Å². The Morgan fingerprint density at radius 3 is 2.73 bits per heavy atom. The normalized spacial score (nSPS) is 23.1. The molecule has 2 aliphatic heterocycles. The van der Waals surface area contributed by atoms with E-state index in [0.717, 1.165) is 50.0 Å². The van der Waals surface area contributed by atoms with Gasteiger partial charge in [0, 0.05) is 23.5 Å². The van der Waals surface area contributed by atoms with Crippen molar-refractivity contribution in [3.63, 3.8) is 0 Å². The molecule has 160 valence electrons. The Labute approximate surface area is 178 Å². The number of amides is 1. The van der Waals surface area contributed by atoms with Crippen LogP contribution in [0.15, 0.2) is 35.4 Å². The van der Waals surface area contributed by atoms with E-state index in [9.17, 15) is 13.2 Å². The maximum absolute atomic E-state index is 13.1. The fraction of sp³-hybridized carbons (Fsp3) is 0.500. The Morgan fingerprint density at radius 2 is 1.93 bits per heavy atom. The number of pyridine rings is 2. The molecular formula is C22H28N4O3S. The minimum Gasteiger partial charge on any atom is -0.351 e. The van der Waals surface area contributed by atoms with Crippen molar-refractivity contribution in [1.82, 2.24) is 14.7 Å². The molecule has 30 heavy (non-hydrogen) atoms. The summed E-state index contributed by atoms with van der Waals surface area (Å²) in [5, 5.41) is -0.132. The van der Waals surface area contributed by atoms with Gasteiger partial charge >= 0.3 is 0 Å². The largest absolute Gasteiger partial charge is 0.351 e. The zero-order valence-corrected chi connectivity index (χ0v) is 18.5. The van der Waals surface area contributed by atoms with Crippen molar-refractivity contribution >= 4 is 21.7 Å². The Balaban J connectivity index is 1.80. The van der Waals surface area contributed by atoms with Crippen LogP contribution in [0.4, 0.5) is 5.82 Å². The molecule has 1 atom stereocenters. The van der Waals surface area contributed by atoms with Crippen LogP contribution < -0.4 is 9.62 Å². The van der Waals surface area contributed by atoms with Crippen molar-refractivity contribution in [1.29, 1.82) is 0 Å². The zero-order chi connectivity index (χ0) is 21.5. The van der Waals surface area contributed by atoms with E-state index >= 15 is 0 Å². The van der Waals surface area contributed by atoms with E-state index in [-0.39, 0.29) is 16.1 Å². The number of anilines is 1. The minimum atomic E-state index is -4.08. The number of nitrogens with zero attached hydrogens (tertiary/aromatic N) is 3. The van der Waals surface area contributed by atoms with E-state index < -0.39 is 15.9 Å². The second-order valence-corrected chi connectivity index (χ2v) is 10.6. The van der Waals surface area contributed by atoms with Gasteiger partial charge in [-0.2, -0.15) is 8.42 Å². The van der Waals surface area contributed by atoms with Crippen LogP contribution in [0.5, 0.6) is 0 Å². The number of fused-ring (bicyclic) bond motifs is 6. The Morgan fingerprint density at radius 1 is 1.13 bits per heavy atom. The lowest BCUT2D eigenvalue weighted by Gasteiger charge is -2.33. The second kappa shape index (κ2) is 7.65. The van der Waals surface area contributed by atoms with E-state index in [0.29, 0.717) is 11.7 Å². The van der Waals surface area contributed by atoms with Gasteiger partial charge in [0.25, 0.3) is 15.9 Å². The SMILES string of the molecule is Cc1ccc2c(n1)N1C[C@@H](CCCCc3cccc(n3)S(=O)(=O)NC2=O)CC1(C)C. The van der Waals surface area contributed by atoms with E-state index in [2.05, 4.69) is 33.4 Å². The van der Waals surface area contributed by atoms with Crippen molar-refractivity contribution in [2.24, 2.45) is 5.92 Å². The van der Waals surface area contributed by atoms with Crippen molar-refractivity contribution in [2.75, 3.05) is 11.4 Å². The predicted octanol–water partition coefficient (Wildman–Crippen LogP) is 3.24. The van der Waals surface area contributed by atoms with Gasteiger partial charge in [-0.3, -0.25) is 4.79 Å². The molecule has 0 aromatic carbocycles. The predicted molar refractivity (Wildman–Crippen MR) is 115 cm³/mol. The highest BCUT2D eigenvalue weighted by molar-refractivity contribution is 7.90. The van der Waals surface area contributed by atoms with Crippen LogP contribution >= 0.6 is 0 Å². The molecule has 2 aliphatic rings. The molecule has 0 spiro atoms. The third-order valence-electron chi connectivity index (χ3n) is 6.05. The molecule has 8 heteroatoms. The molecule has 4 bridgehead atoms. The Kier molecular flexibility index (Phi) is 5.30. The number of carbonyl (C=O) groups excluding carboxylic acids is 1. The van der Waals surface area contributed by atoms with Gasteiger partial charge in [-0.1, -0.05) is 12.5 Å². The Hall–Kier alpha value is -2.48. The standard InChI is InChI=1S/C22H28N4O3S/c1-15-11-12-18-20(23-15)26-14-16(13-22(26,2)3)7-4-5-8-17-9-6-10-19(24-17)30(28,29)25-21(18)27/h6,9-12,16H,4-5,7-8,13-14H2,1-3H3,(H,25,27)/t16-/m0/s1. The van der Waals surface area contributed by atoms with Crippen LogP contribution in [0.1, 0.15) is 61.3 Å². The molecule has 1 saturated heterocycles. The number of aromatic nitrogens is 2. The number of hydrogen-bond donors (Lipinski definition) is 1. The molecular weight excluding hydrogens is 400 g/mol. The van der Waals surface area contributed by atoms with Gasteiger partial charge in [0.1, 0.15) is 5.82 Å². The molecule has 0 radical (unpaired) electrons. The lowest BCUT2D eigenvalue weighted by atomic mass is 9.92. The molecule has 0 saturated carbocycles. The van der Waals surface area contributed by atoms with E-state index in [1.807, 2.05) is 13.0 Å². The summed E-state index contributed by atoms with van der Waals surface area (Å²) in [6, 6.07) is 8.32. The smallest absolute Gasteiger partial charge is 0.281 e. The van der Waals surface area contributed by atoms with Crippen LogP contribution in [0.3, 0.4) is 0 Å². The summed E-state index contributed by atoms with van der Waals surface area (Å²) in [6.07, 6.45) is 4.82. The van der Waals surface area contributed by atoms with Gasteiger partial charge in [-0.25, -0.2) is 14.7 Å². The quantitative estimate of drug-likeness (QED) is 0.693. The number of nitrogens with one attached hydrogen (secondary N) is 1. The van der Waals surface area contributed by atoms with Gasteiger partial charge in [0.05, 0.1) is 5.56 Å². The highest BCUT2D eigenvalue weighted by atomic mass is 32.2. The Bertz CT molecular complexity index is 1080. The van der Waals surface area contributed by atoms with Gasteiger partial charge in [-0.05, 0) is 76.6 Å². The second-order valence-electron chi connectivity index (χ2n) is 8.96. The molecule has 2 aromatic rings. The first-order valence-corrected chi connectivity index (χ1v) is 11.9. The van der Waals surface area contributed by atoms with Gasteiger partial charge in [0.2, 0.25) is 0 Å². The first kappa shape index (κ1) is 20.8. The highest BCUT2D eigenvalue weighted by Gasteiger charge is 2.40. The van der Waals surface area contributed by atoms with Crippen molar-refractivity contribution in [2.45, 2.75) is 63.4 Å². The summed E-state index contributed by atoms with van der Waals surface area (Å²) in [7, 11) is -4.08. The van der Waals surface area contributed by atoms with E-state index in [4.69, 9.17) is 0 Å².